The highest BCUT2D eigenvalue weighted by Gasteiger charge is 2.26. The maximum atomic E-state index is 13.2. The molecule has 3 aromatic heterocycles. The fourth-order valence-electron chi connectivity index (χ4n) is 4.98. The van der Waals surface area contributed by atoms with E-state index in [1.54, 1.807) is 23.0 Å². The molecule has 6 bridgehead atoms. The predicted octanol–water partition coefficient (Wildman–Crippen LogP) is 2.82. The number of aromatic amines is 2. The molecule has 0 amide bonds. The minimum atomic E-state index is -0.324. The molecule has 5 aromatic rings. The van der Waals surface area contributed by atoms with Crippen LogP contribution in [0.15, 0.2) is 51.5 Å². The van der Waals surface area contributed by atoms with Gasteiger partial charge in [-0.05, 0) is 24.6 Å². The number of thiazole rings is 1. The van der Waals surface area contributed by atoms with Crippen LogP contribution in [0.5, 0.6) is 5.75 Å². The summed E-state index contributed by atoms with van der Waals surface area (Å²) in [5.74, 6) is 0.627. The molecule has 1 fully saturated rings. The maximum absolute atomic E-state index is 13.2. The molecule has 0 radical (unpaired) electrons. The second-order valence-electron chi connectivity index (χ2n) is 8.75. The Morgan fingerprint density at radius 2 is 2.09 bits per heavy atom. The Labute approximate surface area is 196 Å². The maximum Gasteiger partial charge on any atom is 0.275 e. The van der Waals surface area contributed by atoms with Crippen LogP contribution in [0, 0.1) is 0 Å². The number of ether oxygens (including phenoxy) is 1. The van der Waals surface area contributed by atoms with Crippen LogP contribution in [-0.4, -0.2) is 55.4 Å². The van der Waals surface area contributed by atoms with Gasteiger partial charge < -0.3 is 9.72 Å². The van der Waals surface area contributed by atoms with E-state index in [1.165, 1.54) is 11.3 Å². The number of nitrogens with one attached hydrogen (secondary N) is 2. The minimum absolute atomic E-state index is 0.00582. The monoisotopic (exact) mass is 472 g/mol. The van der Waals surface area contributed by atoms with Crippen molar-refractivity contribution in [2.45, 2.75) is 19.1 Å². The molecule has 170 valence electrons. The van der Waals surface area contributed by atoms with Gasteiger partial charge in [-0.1, -0.05) is 12.1 Å². The van der Waals surface area contributed by atoms with Crippen molar-refractivity contribution < 1.29 is 4.74 Å². The van der Waals surface area contributed by atoms with Crippen LogP contribution in [0.4, 0.5) is 0 Å². The molecule has 2 aliphatic heterocycles. The van der Waals surface area contributed by atoms with Gasteiger partial charge in [-0.15, -0.1) is 11.3 Å². The third kappa shape index (κ3) is 3.02. The molecular weight excluding hydrogens is 452 g/mol. The first-order valence-electron chi connectivity index (χ1n) is 11.2. The van der Waals surface area contributed by atoms with E-state index in [9.17, 15) is 9.59 Å². The second kappa shape index (κ2) is 7.37. The summed E-state index contributed by atoms with van der Waals surface area (Å²) in [4.78, 5) is 40.8. The van der Waals surface area contributed by atoms with E-state index in [0.717, 1.165) is 36.6 Å². The number of H-pyrrole nitrogens is 2. The zero-order chi connectivity index (χ0) is 22.8. The lowest BCUT2D eigenvalue weighted by molar-refractivity contribution is 0.199. The van der Waals surface area contributed by atoms with Gasteiger partial charge in [0, 0.05) is 42.3 Å². The Morgan fingerprint density at radius 3 is 2.97 bits per heavy atom. The molecule has 7 rings (SSSR count). The average molecular weight is 473 g/mol. The van der Waals surface area contributed by atoms with Crippen LogP contribution in [0.1, 0.15) is 6.42 Å². The predicted molar refractivity (Wildman–Crippen MR) is 130 cm³/mol. The first-order chi connectivity index (χ1) is 16.6. The van der Waals surface area contributed by atoms with Crippen molar-refractivity contribution in [1.29, 1.82) is 0 Å². The van der Waals surface area contributed by atoms with Crippen molar-refractivity contribution in [3.8, 4) is 27.6 Å². The summed E-state index contributed by atoms with van der Waals surface area (Å²) in [6, 6.07) is 9.23. The molecule has 2 atom stereocenters. The first kappa shape index (κ1) is 19.7. The second-order valence-corrected chi connectivity index (χ2v) is 9.64. The van der Waals surface area contributed by atoms with E-state index in [-0.39, 0.29) is 22.9 Å². The number of hydrogen-bond acceptors (Lipinski definition) is 7. The van der Waals surface area contributed by atoms with E-state index in [2.05, 4.69) is 20.0 Å². The fourth-order valence-corrected chi connectivity index (χ4v) is 5.60. The lowest BCUT2D eigenvalue weighted by Gasteiger charge is -2.18. The number of aromatic nitrogens is 5. The highest BCUT2D eigenvalue weighted by Crippen LogP contribution is 2.34. The van der Waals surface area contributed by atoms with Gasteiger partial charge in [0.05, 0.1) is 23.0 Å². The molecule has 0 spiro atoms. The van der Waals surface area contributed by atoms with Crippen molar-refractivity contribution in [2.24, 2.45) is 0 Å². The van der Waals surface area contributed by atoms with Gasteiger partial charge >= 0.3 is 0 Å². The van der Waals surface area contributed by atoms with Crippen molar-refractivity contribution in [1.82, 2.24) is 29.6 Å². The van der Waals surface area contributed by atoms with Crippen LogP contribution < -0.4 is 15.9 Å². The van der Waals surface area contributed by atoms with Crippen molar-refractivity contribution in [3.63, 3.8) is 0 Å². The van der Waals surface area contributed by atoms with Gasteiger partial charge in [0.1, 0.15) is 28.1 Å². The molecule has 1 saturated heterocycles. The molecular formula is C24H20N6O3S. The molecule has 0 saturated carbocycles. The number of benzene rings is 2. The van der Waals surface area contributed by atoms with Gasteiger partial charge in [0.15, 0.2) is 0 Å². The summed E-state index contributed by atoms with van der Waals surface area (Å²) < 4.78 is 8.12. The summed E-state index contributed by atoms with van der Waals surface area (Å²) in [6.07, 6.45) is 2.63. The Kier molecular flexibility index (Phi) is 4.27. The molecule has 2 aromatic carbocycles. The smallest absolute Gasteiger partial charge is 0.275 e. The molecule has 34 heavy (non-hydrogen) atoms. The van der Waals surface area contributed by atoms with Crippen LogP contribution in [0.3, 0.4) is 0 Å². The largest absolute Gasteiger partial charge is 0.487 e. The number of rotatable bonds is 1. The average Bonchev–Trinajstić information content (AvgIpc) is 3.58. The Balaban J connectivity index is 1.53. The lowest BCUT2D eigenvalue weighted by atomic mass is 10.1. The Morgan fingerprint density at radius 1 is 1.15 bits per heavy atom. The van der Waals surface area contributed by atoms with Gasteiger partial charge in [-0.2, -0.15) is 0 Å². The third-order valence-electron chi connectivity index (χ3n) is 6.65. The van der Waals surface area contributed by atoms with Gasteiger partial charge in [-0.25, -0.2) is 9.97 Å². The zero-order valence-corrected chi connectivity index (χ0v) is 18.9. The summed E-state index contributed by atoms with van der Waals surface area (Å²) >= 11 is 1.53. The van der Waals surface area contributed by atoms with Crippen molar-refractivity contribution in [3.05, 3.63) is 62.6 Å². The molecule has 9 nitrogen and oxygen atoms in total. The summed E-state index contributed by atoms with van der Waals surface area (Å²) in [7, 11) is 0. The molecule has 0 aliphatic carbocycles. The topological polar surface area (TPSA) is 109 Å². The number of fused-ring (bicyclic) bond motifs is 5. The highest BCUT2D eigenvalue weighted by atomic mass is 32.1. The zero-order valence-electron chi connectivity index (χ0n) is 18.1. The molecule has 2 aliphatic rings. The van der Waals surface area contributed by atoms with Crippen LogP contribution in [-0.2, 0) is 6.54 Å². The normalized spacial score (nSPS) is 19.6. The molecule has 2 N–H and O–H groups in total. The van der Waals surface area contributed by atoms with E-state index >= 15 is 0 Å². The lowest BCUT2D eigenvalue weighted by Crippen LogP contribution is -2.30. The number of para-hydroxylation sites is 1. The Bertz CT molecular complexity index is 1680. The SMILES string of the molecule is O=c1[nH]c2cc(-c3nccs3)cc3c2nc1-c1cccc2c(=O)n([nH]c12)CCN1CC[C@@H](C1)O3. The fraction of sp³-hybridized carbons (Fsp3) is 0.250. The summed E-state index contributed by atoms with van der Waals surface area (Å²) in [5, 5.41) is 6.55. The van der Waals surface area contributed by atoms with Gasteiger partial charge in [0.2, 0.25) is 0 Å². The molecule has 5 heterocycles. The molecule has 1 unspecified atom stereocenters. The van der Waals surface area contributed by atoms with Gasteiger partial charge in [0.25, 0.3) is 11.1 Å². The number of hydrogen-bond donors (Lipinski definition) is 2. The quantitative estimate of drug-likeness (QED) is 0.388. The standard InChI is InChI=1S/C24H20N6O3S/c31-22-20-15-2-1-3-16-19(15)28-30(24(16)32)8-7-29-6-4-14(12-29)33-18-11-13(23-25-5-9-34-23)10-17(26-22)21(18)27-20/h1-3,5,9-11,14,28H,4,6-8,12H2,(H,26,31)/t14-/m0/s1. The number of nitrogens with zero attached hydrogens (tertiary/aromatic N) is 4. The van der Waals surface area contributed by atoms with E-state index < -0.39 is 0 Å². The van der Waals surface area contributed by atoms with E-state index in [4.69, 9.17) is 9.72 Å². The van der Waals surface area contributed by atoms with Crippen LogP contribution in [0.25, 0.3) is 43.8 Å². The molecule has 10 heteroatoms. The summed E-state index contributed by atoms with van der Waals surface area (Å²) in [6.45, 7) is 2.93. The Hall–Kier alpha value is -3.76. The van der Waals surface area contributed by atoms with E-state index in [1.807, 2.05) is 23.6 Å². The van der Waals surface area contributed by atoms with Gasteiger partial charge in [-0.3, -0.25) is 24.3 Å². The van der Waals surface area contributed by atoms with Crippen molar-refractivity contribution >= 4 is 33.3 Å². The summed E-state index contributed by atoms with van der Waals surface area (Å²) in [5.41, 5.74) is 3.10. The third-order valence-corrected chi connectivity index (χ3v) is 7.47. The van der Waals surface area contributed by atoms with Crippen LogP contribution in [0.2, 0.25) is 0 Å². The van der Waals surface area contributed by atoms with Crippen LogP contribution >= 0.6 is 11.3 Å². The first-order valence-corrected chi connectivity index (χ1v) is 12.1. The van der Waals surface area contributed by atoms with Crippen molar-refractivity contribution in [2.75, 3.05) is 19.6 Å². The van der Waals surface area contributed by atoms with E-state index in [0.29, 0.717) is 39.8 Å². The minimum Gasteiger partial charge on any atom is -0.487 e. The highest BCUT2D eigenvalue weighted by molar-refractivity contribution is 7.13.